The van der Waals surface area contributed by atoms with Gasteiger partial charge in [0.05, 0.1) is 34.6 Å². The Bertz CT molecular complexity index is 1300. The van der Waals surface area contributed by atoms with Crippen LogP contribution >= 0.6 is 11.6 Å². The van der Waals surface area contributed by atoms with Gasteiger partial charge in [-0.25, -0.2) is 13.4 Å². The molecule has 1 saturated heterocycles. The lowest BCUT2D eigenvalue weighted by atomic mass is 9.82. The normalized spacial score (nSPS) is 21.4. The third-order valence-corrected chi connectivity index (χ3v) is 10.1. The second-order valence-electron chi connectivity index (χ2n) is 11.8. The first-order chi connectivity index (χ1) is 20.2. The van der Waals surface area contributed by atoms with E-state index in [1.54, 1.807) is 6.20 Å². The van der Waals surface area contributed by atoms with Crippen molar-refractivity contribution in [1.29, 1.82) is 5.26 Å². The van der Waals surface area contributed by atoms with E-state index in [-0.39, 0.29) is 17.7 Å². The third-order valence-electron chi connectivity index (χ3n) is 8.24. The van der Waals surface area contributed by atoms with Gasteiger partial charge < -0.3 is 20.1 Å². The van der Waals surface area contributed by atoms with Crippen molar-refractivity contribution in [2.75, 3.05) is 43.4 Å². The number of nitrogens with one attached hydrogen (secondary N) is 2. The lowest BCUT2D eigenvalue weighted by Crippen LogP contribution is -2.41. The van der Waals surface area contributed by atoms with Crippen molar-refractivity contribution in [2.45, 2.75) is 77.3 Å². The fraction of sp³-hybridized carbons (Fsp3) is 0.645. The van der Waals surface area contributed by atoms with E-state index in [2.05, 4.69) is 27.8 Å². The molecule has 2 aromatic heterocycles. The van der Waals surface area contributed by atoms with Crippen LogP contribution in [0, 0.1) is 22.7 Å². The molecule has 0 radical (unpaired) electrons. The number of anilines is 1. The summed E-state index contributed by atoms with van der Waals surface area (Å²) in [6, 6.07) is 10.9. The second kappa shape index (κ2) is 15.4. The Hall–Kier alpha value is -2.29. The molecule has 0 aromatic carbocycles. The Labute approximate surface area is 255 Å². The van der Waals surface area contributed by atoms with Crippen molar-refractivity contribution in [3.05, 3.63) is 41.2 Å². The fourth-order valence-corrected chi connectivity index (χ4v) is 7.11. The largest absolute Gasteiger partial charge is 0.381 e. The average Bonchev–Trinajstić information content (AvgIpc) is 2.98. The zero-order valence-corrected chi connectivity index (χ0v) is 26.4. The van der Waals surface area contributed by atoms with Gasteiger partial charge in [-0.15, -0.1) is 0 Å². The molecule has 0 amide bonds. The van der Waals surface area contributed by atoms with Crippen LogP contribution < -0.4 is 10.6 Å². The van der Waals surface area contributed by atoms with E-state index >= 15 is 0 Å². The van der Waals surface area contributed by atoms with Gasteiger partial charge in [-0.3, -0.25) is 4.98 Å². The van der Waals surface area contributed by atoms with Crippen molar-refractivity contribution in [3.63, 3.8) is 0 Å². The number of sulfone groups is 1. The molecule has 230 valence electrons. The molecule has 11 heteroatoms. The quantitative estimate of drug-likeness (QED) is 0.286. The number of hydrogen-bond acceptors (Lipinski definition) is 9. The van der Waals surface area contributed by atoms with Crippen LogP contribution in [0.3, 0.4) is 0 Å². The van der Waals surface area contributed by atoms with E-state index in [0.717, 1.165) is 54.9 Å². The topological polar surface area (TPSA) is 126 Å². The summed E-state index contributed by atoms with van der Waals surface area (Å²) in [5, 5.41) is 17.3. The fourth-order valence-electron chi connectivity index (χ4n) is 5.82. The van der Waals surface area contributed by atoms with Crippen molar-refractivity contribution in [2.24, 2.45) is 11.3 Å². The van der Waals surface area contributed by atoms with E-state index in [4.69, 9.17) is 26.1 Å². The van der Waals surface area contributed by atoms with Crippen LogP contribution in [0.15, 0.2) is 30.5 Å². The number of nitrogens with zero attached hydrogens (tertiary/aromatic N) is 3. The number of ether oxygens (including phenoxy) is 2. The predicted molar refractivity (Wildman–Crippen MR) is 166 cm³/mol. The van der Waals surface area contributed by atoms with Crippen LogP contribution in [0.2, 0.25) is 5.02 Å². The van der Waals surface area contributed by atoms with Crippen LogP contribution in [0.5, 0.6) is 0 Å². The Morgan fingerprint density at radius 1 is 1.24 bits per heavy atom. The number of nitriles is 1. The number of halogens is 1. The maximum Gasteiger partial charge on any atom is 0.174 e. The van der Waals surface area contributed by atoms with Crippen LogP contribution in [0.25, 0.3) is 11.3 Å². The Morgan fingerprint density at radius 2 is 2.00 bits per heavy atom. The van der Waals surface area contributed by atoms with Gasteiger partial charge in [0, 0.05) is 49.3 Å². The molecule has 0 bridgehead atoms. The monoisotopic (exact) mass is 617 g/mol. The van der Waals surface area contributed by atoms with Crippen molar-refractivity contribution >= 4 is 27.3 Å². The molecule has 1 saturated carbocycles. The smallest absolute Gasteiger partial charge is 0.174 e. The Balaban J connectivity index is 1.27. The highest BCUT2D eigenvalue weighted by atomic mass is 35.5. The van der Waals surface area contributed by atoms with Gasteiger partial charge in [-0.2, -0.15) is 5.26 Å². The second-order valence-corrected chi connectivity index (χ2v) is 14.4. The van der Waals surface area contributed by atoms with Gasteiger partial charge in [0.2, 0.25) is 0 Å². The molecule has 2 aromatic rings. The van der Waals surface area contributed by atoms with Gasteiger partial charge >= 0.3 is 0 Å². The lowest BCUT2D eigenvalue weighted by Gasteiger charge is -2.31. The standard InChI is InChI=1S/C31H44ClN5O4S/c1-3-15-42(38,39)22-41-19-23(2)36-25-9-7-24(8-10-25)16-26-17-27(28(32)18-34-26)29-5-4-6-30(37-29)35-21-31(20-33)11-13-40-14-12-31/h4-6,17-18,23-25,36H,3,7-16,19,21-22H2,1-2H3,(H,35,37)/t23-,24?,25?/m0/s1. The molecule has 1 aliphatic heterocycles. The summed E-state index contributed by atoms with van der Waals surface area (Å²) in [5.41, 5.74) is 2.20. The molecular weight excluding hydrogens is 574 g/mol. The van der Waals surface area contributed by atoms with Gasteiger partial charge in [0.15, 0.2) is 9.84 Å². The molecule has 3 heterocycles. The molecule has 0 spiro atoms. The first-order valence-electron chi connectivity index (χ1n) is 15.1. The van der Waals surface area contributed by atoms with Crippen LogP contribution in [-0.2, 0) is 25.7 Å². The SMILES string of the molecule is CCCS(=O)(=O)COC[C@H](C)NC1CCC(Cc2cc(-c3cccc(NCC4(C#N)CCOCC4)n3)c(Cl)cn2)CC1. The molecule has 0 unspecified atom stereocenters. The summed E-state index contributed by atoms with van der Waals surface area (Å²) in [7, 11) is -3.12. The highest BCUT2D eigenvalue weighted by molar-refractivity contribution is 7.91. The molecule has 1 atom stereocenters. The highest BCUT2D eigenvalue weighted by Crippen LogP contribution is 2.32. The maximum atomic E-state index is 11.8. The van der Waals surface area contributed by atoms with Gasteiger partial charge in [0.25, 0.3) is 0 Å². The summed E-state index contributed by atoms with van der Waals surface area (Å²) in [6.45, 7) is 6.04. The maximum absolute atomic E-state index is 11.8. The lowest BCUT2D eigenvalue weighted by molar-refractivity contribution is 0.0455. The van der Waals surface area contributed by atoms with E-state index in [1.165, 1.54) is 0 Å². The van der Waals surface area contributed by atoms with E-state index in [0.29, 0.717) is 62.6 Å². The van der Waals surface area contributed by atoms with Crippen molar-refractivity contribution < 1.29 is 17.9 Å². The summed E-state index contributed by atoms with van der Waals surface area (Å²) in [4.78, 5) is 9.44. The minimum Gasteiger partial charge on any atom is -0.381 e. The zero-order valence-electron chi connectivity index (χ0n) is 24.8. The molecule has 9 nitrogen and oxygen atoms in total. The molecule has 2 N–H and O–H groups in total. The van der Waals surface area contributed by atoms with Gasteiger partial charge in [0.1, 0.15) is 11.8 Å². The van der Waals surface area contributed by atoms with Crippen LogP contribution in [0.1, 0.15) is 64.5 Å². The number of pyridine rings is 2. The zero-order chi connectivity index (χ0) is 30.0. The van der Waals surface area contributed by atoms with Crippen LogP contribution in [-0.4, -0.2) is 68.5 Å². The molecular formula is C31H44ClN5O4S. The van der Waals surface area contributed by atoms with E-state index in [1.807, 2.05) is 32.0 Å². The van der Waals surface area contributed by atoms with Crippen molar-refractivity contribution in [3.8, 4) is 17.3 Å². The molecule has 2 fully saturated rings. The minimum atomic E-state index is -3.12. The molecule has 42 heavy (non-hydrogen) atoms. The number of hydrogen-bond donors (Lipinski definition) is 2. The summed E-state index contributed by atoms with van der Waals surface area (Å²) in [6.07, 6.45) is 8.96. The van der Waals surface area contributed by atoms with Crippen molar-refractivity contribution in [1.82, 2.24) is 15.3 Å². The molecule has 4 rings (SSSR count). The Kier molecular flexibility index (Phi) is 12.0. The first-order valence-corrected chi connectivity index (χ1v) is 17.3. The highest BCUT2D eigenvalue weighted by Gasteiger charge is 2.32. The third kappa shape index (κ3) is 9.61. The predicted octanol–water partition coefficient (Wildman–Crippen LogP) is 5.41. The Morgan fingerprint density at radius 3 is 2.71 bits per heavy atom. The van der Waals surface area contributed by atoms with E-state index in [9.17, 15) is 13.7 Å². The molecule has 2 aliphatic rings. The van der Waals surface area contributed by atoms with Gasteiger partial charge in [-0.1, -0.05) is 24.6 Å². The summed E-state index contributed by atoms with van der Waals surface area (Å²) >= 11 is 6.58. The summed E-state index contributed by atoms with van der Waals surface area (Å²) < 4.78 is 34.6. The number of aromatic nitrogens is 2. The van der Waals surface area contributed by atoms with Crippen LogP contribution in [0.4, 0.5) is 5.82 Å². The molecule has 1 aliphatic carbocycles. The summed E-state index contributed by atoms with van der Waals surface area (Å²) in [5.74, 6) is 1.22. The van der Waals surface area contributed by atoms with E-state index < -0.39 is 15.3 Å². The average molecular weight is 618 g/mol. The van der Waals surface area contributed by atoms with Gasteiger partial charge in [-0.05, 0) is 82.4 Å². The first kappa shape index (κ1) is 32.6. The minimum absolute atomic E-state index is 0.101. The number of rotatable bonds is 14.